The zero-order valence-corrected chi connectivity index (χ0v) is 12.1. The number of aryl methyl sites for hydroxylation is 1. The van der Waals surface area contributed by atoms with Crippen LogP contribution in [0.25, 0.3) is 22.8 Å². The molecule has 4 nitrogen and oxygen atoms in total. The molecule has 1 N–H and O–H groups in total. The normalized spacial score (nSPS) is 10.8. The van der Waals surface area contributed by atoms with Gasteiger partial charge in [-0.2, -0.15) is 4.98 Å². The van der Waals surface area contributed by atoms with Gasteiger partial charge in [0, 0.05) is 10.6 Å². The molecule has 106 valence electrons. The van der Waals surface area contributed by atoms with Gasteiger partial charge in [0.15, 0.2) is 0 Å². The highest BCUT2D eigenvalue weighted by atomic mass is 35.5. The summed E-state index contributed by atoms with van der Waals surface area (Å²) in [6.07, 6.45) is 0.980. The topological polar surface area (TPSA) is 59.2 Å². The van der Waals surface area contributed by atoms with E-state index < -0.39 is 0 Å². The van der Waals surface area contributed by atoms with Gasteiger partial charge in [-0.3, -0.25) is 0 Å². The monoisotopic (exact) mass is 300 g/mol. The molecule has 0 bridgehead atoms. The highest BCUT2D eigenvalue weighted by Crippen LogP contribution is 2.31. The first-order chi connectivity index (χ1) is 10.2. The lowest BCUT2D eigenvalue weighted by Gasteiger charge is -1.99. The molecular formula is C16H13ClN2O2. The van der Waals surface area contributed by atoms with Crippen LogP contribution >= 0.6 is 11.6 Å². The Balaban J connectivity index is 1.97. The van der Waals surface area contributed by atoms with Crippen molar-refractivity contribution in [3.63, 3.8) is 0 Å². The zero-order chi connectivity index (χ0) is 14.8. The van der Waals surface area contributed by atoms with E-state index in [4.69, 9.17) is 16.1 Å². The van der Waals surface area contributed by atoms with Crippen molar-refractivity contribution in [3.8, 4) is 28.6 Å². The standard InChI is InChI=1S/C16H13ClN2O2/c1-2-10-3-5-11(6-4-10)15-18-16(21-19-15)13-9-12(17)7-8-14(13)20/h3-9,20H,2H2,1H3. The van der Waals surface area contributed by atoms with Crippen molar-refractivity contribution in [2.75, 3.05) is 0 Å². The van der Waals surface area contributed by atoms with E-state index in [1.54, 1.807) is 12.1 Å². The molecule has 0 fully saturated rings. The number of halogens is 1. The number of phenols is 1. The molecule has 0 aliphatic rings. The van der Waals surface area contributed by atoms with Gasteiger partial charge in [-0.1, -0.05) is 47.9 Å². The molecule has 0 amide bonds. The van der Waals surface area contributed by atoms with E-state index in [0.717, 1.165) is 12.0 Å². The molecular weight excluding hydrogens is 288 g/mol. The lowest BCUT2D eigenvalue weighted by atomic mass is 10.1. The van der Waals surface area contributed by atoms with Crippen LogP contribution in [0, 0.1) is 0 Å². The lowest BCUT2D eigenvalue weighted by Crippen LogP contribution is -1.84. The number of aromatic nitrogens is 2. The molecule has 0 unspecified atom stereocenters. The molecule has 0 atom stereocenters. The van der Waals surface area contributed by atoms with Gasteiger partial charge in [0.2, 0.25) is 5.82 Å². The van der Waals surface area contributed by atoms with Crippen molar-refractivity contribution in [3.05, 3.63) is 53.1 Å². The lowest BCUT2D eigenvalue weighted by molar-refractivity contribution is 0.426. The van der Waals surface area contributed by atoms with Crippen LogP contribution in [0.15, 0.2) is 47.0 Å². The molecule has 0 radical (unpaired) electrons. The first kappa shape index (κ1) is 13.6. The van der Waals surface area contributed by atoms with Crippen LogP contribution in [-0.4, -0.2) is 15.2 Å². The van der Waals surface area contributed by atoms with Gasteiger partial charge in [-0.05, 0) is 30.2 Å². The molecule has 0 spiro atoms. The number of benzene rings is 2. The second-order valence-corrected chi connectivity index (χ2v) is 5.07. The Hall–Kier alpha value is -2.33. The number of phenolic OH excluding ortho intramolecular Hbond substituents is 1. The van der Waals surface area contributed by atoms with Crippen LogP contribution in [-0.2, 0) is 6.42 Å². The van der Waals surface area contributed by atoms with Gasteiger partial charge >= 0.3 is 0 Å². The second kappa shape index (κ2) is 5.58. The summed E-state index contributed by atoms with van der Waals surface area (Å²) in [5.74, 6) is 0.771. The first-order valence-corrected chi connectivity index (χ1v) is 6.97. The van der Waals surface area contributed by atoms with Crippen molar-refractivity contribution in [1.29, 1.82) is 0 Å². The van der Waals surface area contributed by atoms with Crippen molar-refractivity contribution >= 4 is 11.6 Å². The quantitative estimate of drug-likeness (QED) is 0.782. The van der Waals surface area contributed by atoms with Crippen LogP contribution in [0.3, 0.4) is 0 Å². The molecule has 2 aromatic carbocycles. The number of hydrogen-bond donors (Lipinski definition) is 1. The van der Waals surface area contributed by atoms with Gasteiger partial charge in [0.1, 0.15) is 5.75 Å². The Kier molecular flexibility index (Phi) is 3.62. The second-order valence-electron chi connectivity index (χ2n) is 4.64. The van der Waals surface area contributed by atoms with Crippen LogP contribution in [0.5, 0.6) is 5.75 Å². The predicted molar refractivity (Wildman–Crippen MR) is 81.2 cm³/mol. The fourth-order valence-corrected chi connectivity index (χ4v) is 2.19. The summed E-state index contributed by atoms with van der Waals surface area (Å²) < 4.78 is 5.22. The van der Waals surface area contributed by atoms with Crippen LogP contribution in [0.4, 0.5) is 0 Å². The van der Waals surface area contributed by atoms with Crippen molar-refractivity contribution < 1.29 is 9.63 Å². The molecule has 5 heteroatoms. The van der Waals surface area contributed by atoms with Gasteiger partial charge in [0.25, 0.3) is 5.89 Å². The third-order valence-corrected chi connectivity index (χ3v) is 3.47. The summed E-state index contributed by atoms with van der Waals surface area (Å²) in [5, 5.41) is 14.3. The summed E-state index contributed by atoms with van der Waals surface area (Å²) in [7, 11) is 0. The van der Waals surface area contributed by atoms with Crippen molar-refractivity contribution in [2.24, 2.45) is 0 Å². The third kappa shape index (κ3) is 2.76. The Bertz CT molecular complexity index is 766. The molecule has 0 saturated carbocycles. The van der Waals surface area contributed by atoms with Crippen molar-refractivity contribution in [2.45, 2.75) is 13.3 Å². The van der Waals surface area contributed by atoms with Crippen LogP contribution in [0.1, 0.15) is 12.5 Å². The maximum absolute atomic E-state index is 9.85. The number of aromatic hydroxyl groups is 1. The minimum atomic E-state index is 0.0518. The molecule has 0 aliphatic heterocycles. The van der Waals surface area contributed by atoms with E-state index in [-0.39, 0.29) is 11.6 Å². The van der Waals surface area contributed by atoms with E-state index in [0.29, 0.717) is 16.4 Å². The minimum Gasteiger partial charge on any atom is -0.507 e. The van der Waals surface area contributed by atoms with Crippen LogP contribution in [0.2, 0.25) is 5.02 Å². The Labute approximate surface area is 127 Å². The van der Waals surface area contributed by atoms with Gasteiger partial charge in [0.05, 0.1) is 5.56 Å². The van der Waals surface area contributed by atoms with Gasteiger partial charge in [-0.15, -0.1) is 0 Å². The summed E-state index contributed by atoms with van der Waals surface area (Å²) in [4.78, 5) is 4.31. The molecule has 21 heavy (non-hydrogen) atoms. The Morgan fingerprint density at radius 3 is 2.62 bits per heavy atom. The largest absolute Gasteiger partial charge is 0.507 e. The van der Waals surface area contributed by atoms with Crippen LogP contribution < -0.4 is 0 Å². The summed E-state index contributed by atoms with van der Waals surface area (Å²) in [5.41, 5.74) is 2.53. The fraction of sp³-hybridized carbons (Fsp3) is 0.125. The van der Waals surface area contributed by atoms with E-state index >= 15 is 0 Å². The molecule has 0 saturated heterocycles. The molecule has 3 rings (SSSR count). The van der Waals surface area contributed by atoms with Gasteiger partial charge in [-0.25, -0.2) is 0 Å². The van der Waals surface area contributed by atoms with E-state index in [1.807, 2.05) is 24.3 Å². The van der Waals surface area contributed by atoms with Crippen molar-refractivity contribution in [1.82, 2.24) is 10.1 Å². The molecule has 0 aliphatic carbocycles. The summed E-state index contributed by atoms with van der Waals surface area (Å²) in [6, 6.07) is 12.6. The maximum atomic E-state index is 9.85. The number of rotatable bonds is 3. The Morgan fingerprint density at radius 1 is 1.14 bits per heavy atom. The third-order valence-electron chi connectivity index (χ3n) is 3.24. The highest BCUT2D eigenvalue weighted by Gasteiger charge is 2.14. The minimum absolute atomic E-state index is 0.0518. The average Bonchev–Trinajstić information content (AvgIpc) is 2.99. The zero-order valence-electron chi connectivity index (χ0n) is 11.4. The maximum Gasteiger partial charge on any atom is 0.262 e. The predicted octanol–water partition coefficient (Wildman–Crippen LogP) is 4.33. The average molecular weight is 301 g/mol. The number of nitrogens with zero attached hydrogens (tertiary/aromatic N) is 2. The molecule has 1 aromatic heterocycles. The summed E-state index contributed by atoms with van der Waals surface area (Å²) in [6.45, 7) is 2.10. The van der Waals surface area contributed by atoms with E-state index in [9.17, 15) is 5.11 Å². The molecule has 3 aromatic rings. The van der Waals surface area contributed by atoms with Gasteiger partial charge < -0.3 is 9.63 Å². The summed E-state index contributed by atoms with van der Waals surface area (Å²) >= 11 is 5.92. The SMILES string of the molecule is CCc1ccc(-c2noc(-c3cc(Cl)ccc3O)n2)cc1. The highest BCUT2D eigenvalue weighted by molar-refractivity contribution is 6.30. The fourth-order valence-electron chi connectivity index (χ4n) is 2.02. The van der Waals surface area contributed by atoms with E-state index in [1.165, 1.54) is 11.6 Å². The Morgan fingerprint density at radius 2 is 1.90 bits per heavy atom. The smallest absolute Gasteiger partial charge is 0.262 e. The first-order valence-electron chi connectivity index (χ1n) is 6.59. The number of hydrogen-bond acceptors (Lipinski definition) is 4. The molecule has 1 heterocycles. The van der Waals surface area contributed by atoms with E-state index in [2.05, 4.69) is 17.1 Å².